The molecule has 62 heavy (non-hydrogen) atoms. The molecule has 1 saturated heterocycles. The molecule has 1 fully saturated rings. The van der Waals surface area contributed by atoms with Crippen LogP contribution in [0.5, 0.6) is 5.75 Å². The standard InChI is InChI=1S/C35H58O13.C8H10O2.2C2H6/c1-32(2,3)46-28-24(20-36)45-30(26(39)25(28)38)35(8,9)44-19-18-34(6,7)47-27(23(37)16-17-33(4,5)42-10)29(48-41)31(40)43-21-22-14-12-11-13-15-22;1-10-6-7-2-4-8(9)5-3-7;2*1-2/h11-15,20,23-30,37-39,41H,16-19,21H2,1-10H3;2-5,9H,6H2,1H3;2*1-2H3/t23?,24?,25?,26?,27-,28+,29?,30?;;;/m0.../s1. The lowest BCUT2D eigenvalue weighted by Gasteiger charge is -2.48. The van der Waals surface area contributed by atoms with Crippen LogP contribution in [-0.4, -0.2) is 130 Å². The second kappa shape index (κ2) is 28.7. The lowest BCUT2D eigenvalue weighted by molar-refractivity contribution is -0.313. The van der Waals surface area contributed by atoms with E-state index in [1.165, 1.54) is 0 Å². The Kier molecular flexibility index (Phi) is 27.3. The van der Waals surface area contributed by atoms with E-state index in [0.717, 1.165) is 11.1 Å². The SMILES string of the molecule is CC.CC.COC(C)(C)CCC(O)[C@H](OC(C)(C)CCOC(C)(C)C1OC(C=O)[C@@H](OC(C)(C)C)C(O)C1O)C(OO)C(=O)OCc1ccccc1.COCc1ccc(O)cc1. The topological polar surface area (TPSA) is 209 Å². The van der Waals surface area contributed by atoms with Crippen LogP contribution in [0.15, 0.2) is 54.6 Å². The van der Waals surface area contributed by atoms with E-state index in [0.29, 0.717) is 25.1 Å². The van der Waals surface area contributed by atoms with Gasteiger partial charge in [0.2, 0.25) is 6.10 Å². The summed E-state index contributed by atoms with van der Waals surface area (Å²) in [5.74, 6) is -0.634. The monoisotopic (exact) mass is 885 g/mol. The number of hydrogen-bond donors (Lipinski definition) is 5. The van der Waals surface area contributed by atoms with E-state index in [1.807, 2.05) is 59.7 Å². The molecule has 0 bridgehead atoms. The molecule has 6 unspecified atom stereocenters. The molecule has 0 aromatic heterocycles. The number of hydrogen-bond acceptors (Lipinski definition) is 15. The number of carbonyl (C=O) groups is 2. The molecule has 0 spiro atoms. The fraction of sp³-hybridized carbons (Fsp3) is 0.702. The van der Waals surface area contributed by atoms with Gasteiger partial charge < -0.3 is 58.4 Å². The van der Waals surface area contributed by atoms with Crippen molar-refractivity contribution in [3.63, 3.8) is 0 Å². The van der Waals surface area contributed by atoms with Crippen molar-refractivity contribution in [2.45, 2.75) is 194 Å². The number of phenolic OH excluding ortho intramolecular Hbond substituents is 1. The zero-order valence-corrected chi connectivity index (χ0v) is 40.0. The predicted octanol–water partition coefficient (Wildman–Crippen LogP) is 6.97. The minimum atomic E-state index is -1.68. The quantitative estimate of drug-likeness (QED) is 0.0371. The highest BCUT2D eigenvalue weighted by molar-refractivity contribution is 5.75. The number of esters is 1. The average Bonchev–Trinajstić information content (AvgIpc) is 3.23. The highest BCUT2D eigenvalue weighted by atomic mass is 17.1. The normalized spacial score (nSPS) is 20.7. The summed E-state index contributed by atoms with van der Waals surface area (Å²) in [6, 6.07) is 15.9. The Morgan fingerprint density at radius 1 is 0.806 bits per heavy atom. The first kappa shape index (κ1) is 58.9. The summed E-state index contributed by atoms with van der Waals surface area (Å²) in [4.78, 5) is 29.6. The number of aliphatic hydroxyl groups is 3. The van der Waals surface area contributed by atoms with Gasteiger partial charge in [-0.1, -0.05) is 70.2 Å². The number of aliphatic hydroxyl groups excluding tert-OH is 3. The van der Waals surface area contributed by atoms with Crippen LogP contribution in [0.25, 0.3) is 0 Å². The Morgan fingerprint density at radius 3 is 1.87 bits per heavy atom. The van der Waals surface area contributed by atoms with Gasteiger partial charge in [0.25, 0.3) is 0 Å². The van der Waals surface area contributed by atoms with Crippen molar-refractivity contribution in [1.29, 1.82) is 0 Å². The Bertz CT molecular complexity index is 1480. The summed E-state index contributed by atoms with van der Waals surface area (Å²) in [5, 5.41) is 51.9. The Labute approximate surface area is 370 Å². The van der Waals surface area contributed by atoms with Crippen molar-refractivity contribution in [3.05, 3.63) is 65.7 Å². The van der Waals surface area contributed by atoms with Gasteiger partial charge >= 0.3 is 5.97 Å². The molecule has 1 aliphatic rings. The molecule has 15 nitrogen and oxygen atoms in total. The molecular weight excluding hydrogens is 805 g/mol. The van der Waals surface area contributed by atoms with Crippen LogP contribution in [-0.2, 0) is 60.8 Å². The lowest BCUT2D eigenvalue weighted by atomic mass is 9.86. The zero-order chi connectivity index (χ0) is 47.9. The summed E-state index contributed by atoms with van der Waals surface area (Å²) >= 11 is 0. The Morgan fingerprint density at radius 2 is 1.37 bits per heavy atom. The van der Waals surface area contributed by atoms with Gasteiger partial charge in [0, 0.05) is 14.2 Å². The van der Waals surface area contributed by atoms with E-state index in [9.17, 15) is 30.2 Å². The summed E-state index contributed by atoms with van der Waals surface area (Å²) in [6.07, 6.45) is -9.14. The van der Waals surface area contributed by atoms with Crippen LogP contribution in [0.1, 0.15) is 120 Å². The molecule has 0 aliphatic carbocycles. The number of methoxy groups -OCH3 is 2. The number of benzene rings is 2. The molecule has 2 aromatic rings. The van der Waals surface area contributed by atoms with Crippen molar-refractivity contribution < 1.29 is 73.3 Å². The van der Waals surface area contributed by atoms with E-state index in [4.69, 9.17) is 38.3 Å². The molecule has 3 rings (SSSR count). The zero-order valence-electron chi connectivity index (χ0n) is 40.0. The van der Waals surface area contributed by atoms with E-state index in [2.05, 4.69) is 4.89 Å². The van der Waals surface area contributed by atoms with Crippen LogP contribution < -0.4 is 0 Å². The third-order valence-electron chi connectivity index (χ3n) is 9.66. The Hall–Kier alpha value is -3.06. The molecule has 1 aliphatic heterocycles. The molecule has 358 valence electrons. The molecule has 0 saturated carbocycles. The highest BCUT2D eigenvalue weighted by Crippen LogP contribution is 2.34. The smallest absolute Gasteiger partial charge is 0.341 e. The second-order valence-corrected chi connectivity index (χ2v) is 17.2. The average molecular weight is 885 g/mol. The third-order valence-corrected chi connectivity index (χ3v) is 9.66. The van der Waals surface area contributed by atoms with Gasteiger partial charge in [0.1, 0.15) is 49.0 Å². The van der Waals surface area contributed by atoms with Crippen molar-refractivity contribution in [2.75, 3.05) is 20.8 Å². The van der Waals surface area contributed by atoms with Crippen LogP contribution in [0.3, 0.4) is 0 Å². The maximum absolute atomic E-state index is 13.1. The van der Waals surface area contributed by atoms with Gasteiger partial charge in [0.15, 0.2) is 6.29 Å². The fourth-order valence-corrected chi connectivity index (χ4v) is 6.10. The van der Waals surface area contributed by atoms with Gasteiger partial charge in [-0.15, -0.1) is 0 Å². The van der Waals surface area contributed by atoms with E-state index >= 15 is 0 Å². The molecule has 0 amide bonds. The van der Waals surface area contributed by atoms with E-state index < -0.39 is 77.2 Å². The molecule has 1 heterocycles. The third kappa shape index (κ3) is 21.1. The highest BCUT2D eigenvalue weighted by Gasteiger charge is 2.52. The molecule has 0 radical (unpaired) electrons. The molecule has 5 N–H and O–H groups in total. The van der Waals surface area contributed by atoms with Gasteiger partial charge in [-0.3, -0.25) is 5.26 Å². The van der Waals surface area contributed by atoms with Gasteiger partial charge in [-0.25, -0.2) is 9.68 Å². The molecule has 2 aromatic carbocycles. The maximum atomic E-state index is 13.1. The van der Waals surface area contributed by atoms with Crippen LogP contribution in [0.2, 0.25) is 0 Å². The lowest BCUT2D eigenvalue weighted by Crippen LogP contribution is -2.65. The van der Waals surface area contributed by atoms with Crippen molar-refractivity contribution in [2.24, 2.45) is 0 Å². The number of rotatable bonds is 21. The number of aldehydes is 1. The Balaban J connectivity index is 0.00000227. The van der Waals surface area contributed by atoms with Crippen LogP contribution in [0, 0.1) is 0 Å². The van der Waals surface area contributed by atoms with Gasteiger partial charge in [-0.05, 0) is 105 Å². The summed E-state index contributed by atoms with van der Waals surface area (Å²) in [5.41, 5.74) is -1.74. The van der Waals surface area contributed by atoms with Gasteiger partial charge in [0.05, 0.1) is 41.7 Å². The largest absolute Gasteiger partial charge is 0.508 e. The first-order chi connectivity index (χ1) is 29.0. The number of carbonyl (C=O) groups excluding carboxylic acids is 2. The number of ether oxygens (including phenoxy) is 7. The minimum absolute atomic E-state index is 0.0406. The number of phenols is 1. The molecule has 8 atom stereocenters. The molecular formula is C47H80O15. The second-order valence-electron chi connectivity index (χ2n) is 17.2. The van der Waals surface area contributed by atoms with E-state index in [-0.39, 0.29) is 26.1 Å². The van der Waals surface area contributed by atoms with Crippen molar-refractivity contribution in [1.82, 2.24) is 0 Å². The number of aromatic hydroxyl groups is 1. The predicted molar refractivity (Wildman–Crippen MR) is 237 cm³/mol. The first-order valence-electron chi connectivity index (χ1n) is 21.5. The van der Waals surface area contributed by atoms with E-state index in [1.54, 1.807) is 99.1 Å². The fourth-order valence-electron chi connectivity index (χ4n) is 6.10. The van der Waals surface area contributed by atoms with Crippen LogP contribution >= 0.6 is 0 Å². The minimum Gasteiger partial charge on any atom is -0.508 e. The van der Waals surface area contributed by atoms with Crippen molar-refractivity contribution >= 4 is 12.3 Å². The molecule has 15 heteroatoms. The summed E-state index contributed by atoms with van der Waals surface area (Å²) in [6.45, 7) is 24.3. The van der Waals surface area contributed by atoms with Gasteiger partial charge in [-0.2, -0.15) is 0 Å². The van der Waals surface area contributed by atoms with Crippen molar-refractivity contribution in [3.8, 4) is 5.75 Å². The summed E-state index contributed by atoms with van der Waals surface area (Å²) < 4.78 is 39.9. The van der Waals surface area contributed by atoms with Crippen LogP contribution in [0.4, 0.5) is 0 Å². The summed E-state index contributed by atoms with van der Waals surface area (Å²) in [7, 11) is 3.20. The first-order valence-corrected chi connectivity index (χ1v) is 21.5. The maximum Gasteiger partial charge on any atom is 0.341 e.